The topological polar surface area (TPSA) is 80.0 Å². The van der Waals surface area contributed by atoms with E-state index in [0.717, 1.165) is 11.3 Å². The van der Waals surface area contributed by atoms with Crippen molar-refractivity contribution in [2.24, 2.45) is 0 Å². The Balaban J connectivity index is 2.08. The average Bonchev–Trinajstić information content (AvgIpc) is 2.89. The number of benzene rings is 1. The van der Waals surface area contributed by atoms with Gasteiger partial charge in [-0.05, 0) is 24.1 Å². The van der Waals surface area contributed by atoms with Crippen LogP contribution in [0.5, 0.6) is 0 Å². The van der Waals surface area contributed by atoms with Crippen LogP contribution in [-0.4, -0.2) is 31.9 Å². The van der Waals surface area contributed by atoms with Crippen LogP contribution in [0.3, 0.4) is 0 Å². The van der Waals surface area contributed by atoms with Crippen LogP contribution in [0.25, 0.3) is 0 Å². The Labute approximate surface area is 111 Å². The van der Waals surface area contributed by atoms with E-state index in [-0.39, 0.29) is 0 Å². The van der Waals surface area contributed by atoms with Gasteiger partial charge in [0.1, 0.15) is 18.7 Å². The lowest BCUT2D eigenvalue weighted by molar-refractivity contribution is -0.137. The van der Waals surface area contributed by atoms with Gasteiger partial charge in [-0.3, -0.25) is 0 Å². The molecule has 0 aliphatic rings. The maximum absolute atomic E-state index is 11.0. The molecule has 6 heteroatoms. The number of nitrogens with zero attached hydrogens (tertiary/aromatic N) is 3. The zero-order valence-corrected chi connectivity index (χ0v) is 10.7. The Hall–Kier alpha value is -2.37. The third-order valence-electron chi connectivity index (χ3n) is 2.79. The lowest BCUT2D eigenvalue weighted by Gasteiger charge is -2.14. The maximum Gasteiger partial charge on any atom is 0.326 e. The Morgan fingerprint density at radius 1 is 1.53 bits per heavy atom. The summed E-state index contributed by atoms with van der Waals surface area (Å²) in [6, 6.07) is 7.07. The van der Waals surface area contributed by atoms with Crippen LogP contribution in [0.15, 0.2) is 36.9 Å². The molecule has 2 rings (SSSR count). The van der Waals surface area contributed by atoms with Crippen LogP contribution >= 0.6 is 0 Å². The summed E-state index contributed by atoms with van der Waals surface area (Å²) >= 11 is 0. The normalized spacial score (nSPS) is 12.1. The van der Waals surface area contributed by atoms with Crippen LogP contribution < -0.4 is 5.32 Å². The molecule has 1 unspecified atom stereocenters. The number of carbonyl (C=O) groups is 1. The summed E-state index contributed by atoms with van der Waals surface area (Å²) in [7, 11) is 0. The Bertz CT molecular complexity index is 539. The van der Waals surface area contributed by atoms with Crippen LogP contribution in [0.4, 0.5) is 5.69 Å². The van der Waals surface area contributed by atoms with Crippen LogP contribution in [-0.2, 0) is 11.3 Å². The average molecular weight is 260 g/mol. The quantitative estimate of drug-likeness (QED) is 0.824. The molecule has 0 aliphatic heterocycles. The highest BCUT2D eigenvalue weighted by Crippen LogP contribution is 2.13. The van der Waals surface area contributed by atoms with Crippen molar-refractivity contribution in [2.75, 3.05) is 5.32 Å². The maximum atomic E-state index is 11.0. The first-order chi connectivity index (χ1) is 9.19. The first-order valence-electron chi connectivity index (χ1n) is 6.09. The molecule has 2 aromatic rings. The summed E-state index contributed by atoms with van der Waals surface area (Å²) in [6.07, 6.45) is 3.66. The number of rotatable bonds is 6. The van der Waals surface area contributed by atoms with Gasteiger partial charge in [0.25, 0.3) is 0 Å². The Kier molecular flexibility index (Phi) is 4.12. The zero-order valence-electron chi connectivity index (χ0n) is 10.7. The van der Waals surface area contributed by atoms with Crippen molar-refractivity contribution in [3.05, 3.63) is 42.5 Å². The predicted molar refractivity (Wildman–Crippen MR) is 70.9 cm³/mol. The first-order valence-corrected chi connectivity index (χ1v) is 6.09. The van der Waals surface area contributed by atoms with Gasteiger partial charge in [0.15, 0.2) is 0 Å². The molecule has 0 aliphatic carbocycles. The molecule has 0 saturated carbocycles. The van der Waals surface area contributed by atoms with E-state index >= 15 is 0 Å². The first kappa shape index (κ1) is 13.1. The molecule has 0 saturated heterocycles. The molecule has 1 atom stereocenters. The van der Waals surface area contributed by atoms with E-state index in [2.05, 4.69) is 15.4 Å². The minimum Gasteiger partial charge on any atom is -0.480 e. The summed E-state index contributed by atoms with van der Waals surface area (Å²) in [5.74, 6) is -0.843. The van der Waals surface area contributed by atoms with Gasteiger partial charge in [0.05, 0.1) is 6.54 Å². The van der Waals surface area contributed by atoms with Gasteiger partial charge in [-0.25, -0.2) is 14.5 Å². The van der Waals surface area contributed by atoms with Gasteiger partial charge in [0.2, 0.25) is 0 Å². The van der Waals surface area contributed by atoms with Crippen molar-refractivity contribution in [1.82, 2.24) is 14.8 Å². The molecular weight excluding hydrogens is 244 g/mol. The third kappa shape index (κ3) is 3.54. The molecular formula is C13H16N4O2. The second-order valence-electron chi connectivity index (χ2n) is 4.24. The summed E-state index contributed by atoms with van der Waals surface area (Å²) in [4.78, 5) is 14.9. The smallest absolute Gasteiger partial charge is 0.326 e. The minimum absolute atomic E-state index is 0.530. The summed E-state index contributed by atoms with van der Waals surface area (Å²) in [5, 5.41) is 16.1. The van der Waals surface area contributed by atoms with Gasteiger partial charge in [0, 0.05) is 5.69 Å². The summed E-state index contributed by atoms with van der Waals surface area (Å²) in [6.45, 7) is 2.45. The monoisotopic (exact) mass is 260 g/mol. The number of carboxylic acids is 1. The van der Waals surface area contributed by atoms with Crippen molar-refractivity contribution >= 4 is 11.7 Å². The van der Waals surface area contributed by atoms with Gasteiger partial charge in [-0.1, -0.05) is 19.1 Å². The Morgan fingerprint density at radius 3 is 3.00 bits per heavy atom. The van der Waals surface area contributed by atoms with Crippen molar-refractivity contribution in [3.63, 3.8) is 0 Å². The molecule has 2 N–H and O–H groups in total. The zero-order chi connectivity index (χ0) is 13.7. The van der Waals surface area contributed by atoms with E-state index in [1.807, 2.05) is 31.2 Å². The number of hydrogen-bond acceptors (Lipinski definition) is 4. The van der Waals surface area contributed by atoms with Crippen molar-refractivity contribution in [2.45, 2.75) is 25.9 Å². The van der Waals surface area contributed by atoms with E-state index in [9.17, 15) is 4.79 Å². The predicted octanol–water partition coefficient (Wildman–Crippen LogP) is 1.60. The Morgan fingerprint density at radius 2 is 2.37 bits per heavy atom. The van der Waals surface area contributed by atoms with Gasteiger partial charge < -0.3 is 10.4 Å². The largest absolute Gasteiger partial charge is 0.480 e. The second kappa shape index (κ2) is 5.99. The lowest BCUT2D eigenvalue weighted by Crippen LogP contribution is -2.28. The van der Waals surface area contributed by atoms with Gasteiger partial charge >= 0.3 is 5.97 Å². The third-order valence-corrected chi connectivity index (χ3v) is 2.79. The van der Waals surface area contributed by atoms with Crippen LogP contribution in [0.2, 0.25) is 0 Å². The number of aromatic nitrogens is 3. The lowest BCUT2D eigenvalue weighted by atomic mass is 10.1. The molecule has 0 amide bonds. The molecule has 0 radical (unpaired) electrons. The molecule has 0 bridgehead atoms. The molecule has 19 heavy (non-hydrogen) atoms. The highest BCUT2D eigenvalue weighted by atomic mass is 16.4. The summed E-state index contributed by atoms with van der Waals surface area (Å²) < 4.78 is 1.72. The molecule has 1 aromatic heterocycles. The number of nitrogens with one attached hydrogen (secondary N) is 1. The molecule has 100 valence electrons. The molecule has 0 spiro atoms. The fourth-order valence-electron chi connectivity index (χ4n) is 1.80. The van der Waals surface area contributed by atoms with Crippen molar-refractivity contribution in [3.8, 4) is 0 Å². The van der Waals surface area contributed by atoms with Crippen molar-refractivity contribution < 1.29 is 9.90 Å². The second-order valence-corrected chi connectivity index (χ2v) is 4.24. The van der Waals surface area contributed by atoms with E-state index in [4.69, 9.17) is 5.11 Å². The minimum atomic E-state index is -0.843. The van der Waals surface area contributed by atoms with Gasteiger partial charge in [-0.15, -0.1) is 0 Å². The highest BCUT2D eigenvalue weighted by molar-refractivity contribution is 5.77. The molecule has 1 heterocycles. The highest BCUT2D eigenvalue weighted by Gasteiger charge is 2.14. The SMILES string of the molecule is CCC(Nc1cccc(Cn2cncn2)c1)C(=O)O. The molecule has 0 fully saturated rings. The fraction of sp³-hybridized carbons (Fsp3) is 0.308. The van der Waals surface area contributed by atoms with E-state index in [1.165, 1.54) is 6.33 Å². The van der Waals surface area contributed by atoms with Crippen molar-refractivity contribution in [1.29, 1.82) is 0 Å². The summed E-state index contributed by atoms with van der Waals surface area (Å²) in [5.41, 5.74) is 1.84. The number of carboxylic acid groups (broad SMARTS) is 1. The van der Waals surface area contributed by atoms with E-state index < -0.39 is 12.0 Å². The van der Waals surface area contributed by atoms with E-state index in [0.29, 0.717) is 13.0 Å². The number of hydrogen-bond donors (Lipinski definition) is 2. The molecule has 1 aromatic carbocycles. The fourth-order valence-corrected chi connectivity index (χ4v) is 1.80. The van der Waals surface area contributed by atoms with Gasteiger partial charge in [-0.2, -0.15) is 5.10 Å². The number of anilines is 1. The van der Waals surface area contributed by atoms with Crippen LogP contribution in [0, 0.1) is 0 Å². The van der Waals surface area contributed by atoms with E-state index in [1.54, 1.807) is 11.0 Å². The van der Waals surface area contributed by atoms with Crippen LogP contribution in [0.1, 0.15) is 18.9 Å². The standard InChI is InChI=1S/C13H16N4O2/c1-2-12(13(18)19)16-11-5-3-4-10(6-11)7-17-9-14-8-15-17/h3-6,8-9,12,16H,2,7H2,1H3,(H,18,19). The number of aliphatic carboxylic acids is 1. The molecule has 6 nitrogen and oxygen atoms in total.